The van der Waals surface area contributed by atoms with E-state index in [2.05, 4.69) is 5.32 Å². The van der Waals surface area contributed by atoms with Crippen molar-refractivity contribution in [3.8, 4) is 11.1 Å². The molecule has 1 aliphatic rings. The Morgan fingerprint density at radius 3 is 2.11 bits per heavy atom. The van der Waals surface area contributed by atoms with Crippen molar-refractivity contribution in [3.63, 3.8) is 0 Å². The molecule has 0 fully saturated rings. The minimum atomic E-state index is -1.45. The molecular formula is C30H28N2O6. The minimum absolute atomic E-state index is 0.0475. The molecule has 0 spiro atoms. The maximum absolute atomic E-state index is 12.9. The Morgan fingerprint density at radius 2 is 1.50 bits per heavy atom. The van der Waals surface area contributed by atoms with Gasteiger partial charge in [-0.1, -0.05) is 66.7 Å². The maximum atomic E-state index is 12.9. The zero-order valence-electron chi connectivity index (χ0n) is 21.3. The van der Waals surface area contributed by atoms with Crippen molar-refractivity contribution >= 4 is 29.1 Å². The van der Waals surface area contributed by atoms with Crippen LogP contribution in [-0.2, 0) is 14.3 Å². The average molecular weight is 513 g/mol. The summed E-state index contributed by atoms with van der Waals surface area (Å²) in [5, 5.41) is 13.0. The van der Waals surface area contributed by atoms with E-state index >= 15 is 0 Å². The first-order valence-electron chi connectivity index (χ1n) is 12.3. The first kappa shape index (κ1) is 25.1. The number of benzene rings is 3. The van der Waals surface area contributed by atoms with Gasteiger partial charge in [0.25, 0.3) is 0 Å². The monoisotopic (exact) mass is 512 g/mol. The van der Waals surface area contributed by atoms with E-state index in [1.165, 1.54) is 10.8 Å². The highest BCUT2D eigenvalue weighted by Crippen LogP contribution is 2.44. The number of ether oxygens (including phenoxy) is 2. The largest absolute Gasteiger partial charge is 0.479 e. The Labute approximate surface area is 219 Å². The van der Waals surface area contributed by atoms with Crippen LogP contribution in [0.4, 0.5) is 9.59 Å². The third-order valence-electron chi connectivity index (χ3n) is 6.50. The highest BCUT2D eigenvalue weighted by atomic mass is 16.6. The second kappa shape index (κ2) is 9.70. The number of carboxylic acid groups (broad SMARTS) is 1. The summed E-state index contributed by atoms with van der Waals surface area (Å²) < 4.78 is 12.3. The van der Waals surface area contributed by atoms with Crippen molar-refractivity contribution in [2.75, 3.05) is 6.61 Å². The van der Waals surface area contributed by atoms with Crippen LogP contribution in [0.15, 0.2) is 79.0 Å². The number of para-hydroxylation sites is 1. The second-order valence-electron chi connectivity index (χ2n) is 10.2. The number of alkyl carbamates (subject to hydrolysis) is 1. The van der Waals surface area contributed by atoms with Gasteiger partial charge in [0.1, 0.15) is 12.2 Å². The van der Waals surface area contributed by atoms with Crippen molar-refractivity contribution in [3.05, 3.63) is 95.7 Å². The average Bonchev–Trinajstić information content (AvgIpc) is 3.41. The Bertz CT molecular complexity index is 1500. The van der Waals surface area contributed by atoms with Crippen molar-refractivity contribution in [1.82, 2.24) is 9.88 Å². The molecule has 8 nitrogen and oxygen atoms in total. The third kappa shape index (κ3) is 4.72. The van der Waals surface area contributed by atoms with Gasteiger partial charge in [-0.3, -0.25) is 4.57 Å². The number of amides is 1. The number of carboxylic acids is 1. The summed E-state index contributed by atoms with van der Waals surface area (Å²) in [7, 11) is 0. The van der Waals surface area contributed by atoms with Crippen LogP contribution < -0.4 is 5.32 Å². The molecule has 0 aliphatic heterocycles. The number of carbonyl (C=O) groups excluding carboxylic acids is 2. The van der Waals surface area contributed by atoms with Crippen LogP contribution >= 0.6 is 0 Å². The van der Waals surface area contributed by atoms with E-state index in [0.29, 0.717) is 10.9 Å². The standard InChI is InChI=1S/C30H28N2O6/c1-30(2,3)38-29(36)32-16-23(22-14-8-9-15-25(22)32)26(27(33)34)31-28(35)37-17-24-20-12-6-4-10-18(20)19-11-5-7-13-21(19)24/h4-16,24,26H,17H2,1-3H3,(H,31,35)(H,33,34)/t26-/m0/s1. The van der Waals surface area contributed by atoms with E-state index in [9.17, 15) is 19.5 Å². The fourth-order valence-electron chi connectivity index (χ4n) is 4.93. The number of hydrogen-bond acceptors (Lipinski definition) is 5. The Kier molecular flexibility index (Phi) is 6.40. The molecule has 2 N–H and O–H groups in total. The summed E-state index contributed by atoms with van der Waals surface area (Å²) in [5.41, 5.74) is 4.26. The molecular weight excluding hydrogens is 484 g/mol. The molecule has 0 bridgehead atoms. The third-order valence-corrected chi connectivity index (χ3v) is 6.50. The van der Waals surface area contributed by atoms with Gasteiger partial charge in [-0.05, 0) is 49.1 Å². The number of carbonyl (C=O) groups is 3. The smallest absolute Gasteiger partial charge is 0.419 e. The molecule has 1 atom stereocenters. The molecule has 4 aromatic rings. The molecule has 5 rings (SSSR count). The Morgan fingerprint density at radius 1 is 0.921 bits per heavy atom. The van der Waals surface area contributed by atoms with Gasteiger partial charge in [-0.15, -0.1) is 0 Å². The van der Waals surface area contributed by atoms with Gasteiger partial charge in [0.2, 0.25) is 0 Å². The van der Waals surface area contributed by atoms with Crippen LogP contribution in [0.25, 0.3) is 22.0 Å². The molecule has 3 aromatic carbocycles. The number of nitrogens with zero attached hydrogens (tertiary/aromatic N) is 1. The predicted molar refractivity (Wildman–Crippen MR) is 142 cm³/mol. The summed E-state index contributed by atoms with van der Waals surface area (Å²) in [5.74, 6) is -1.45. The van der Waals surface area contributed by atoms with Gasteiger partial charge in [0.15, 0.2) is 6.04 Å². The summed E-state index contributed by atoms with van der Waals surface area (Å²) in [6.07, 6.45) is -0.125. The fourth-order valence-corrected chi connectivity index (χ4v) is 4.93. The zero-order chi connectivity index (χ0) is 27.0. The molecule has 1 aromatic heterocycles. The molecule has 1 heterocycles. The van der Waals surface area contributed by atoms with Gasteiger partial charge in [0, 0.05) is 23.1 Å². The minimum Gasteiger partial charge on any atom is -0.479 e. The molecule has 0 saturated carbocycles. The van der Waals surface area contributed by atoms with Crippen molar-refractivity contribution in [2.45, 2.75) is 38.3 Å². The number of hydrogen-bond donors (Lipinski definition) is 2. The van der Waals surface area contributed by atoms with Gasteiger partial charge >= 0.3 is 18.2 Å². The van der Waals surface area contributed by atoms with Gasteiger partial charge in [0.05, 0.1) is 5.52 Å². The normalized spacial score (nSPS) is 13.4. The van der Waals surface area contributed by atoms with E-state index in [1.807, 2.05) is 48.5 Å². The van der Waals surface area contributed by atoms with Crippen LogP contribution in [0.1, 0.15) is 49.4 Å². The van der Waals surface area contributed by atoms with E-state index in [-0.39, 0.29) is 18.1 Å². The molecule has 8 heteroatoms. The lowest BCUT2D eigenvalue weighted by atomic mass is 9.98. The topological polar surface area (TPSA) is 107 Å². The van der Waals surface area contributed by atoms with Crippen molar-refractivity contribution < 1.29 is 29.0 Å². The van der Waals surface area contributed by atoms with E-state index in [0.717, 1.165) is 22.3 Å². The molecule has 38 heavy (non-hydrogen) atoms. The number of aliphatic carboxylic acids is 1. The number of fused-ring (bicyclic) bond motifs is 4. The summed E-state index contributed by atoms with van der Waals surface area (Å²) in [4.78, 5) is 38.0. The summed E-state index contributed by atoms with van der Waals surface area (Å²) in [6.45, 7) is 5.29. The Hall–Kier alpha value is -4.59. The lowest BCUT2D eigenvalue weighted by Crippen LogP contribution is -2.34. The molecule has 194 valence electrons. The number of nitrogens with one attached hydrogen (secondary N) is 1. The first-order valence-corrected chi connectivity index (χ1v) is 12.3. The van der Waals surface area contributed by atoms with Gasteiger partial charge in [-0.25, -0.2) is 14.4 Å². The SMILES string of the molecule is CC(C)(C)OC(=O)n1cc([C@H](NC(=O)OCC2c3ccccc3-c3ccccc32)C(=O)O)c2ccccc21. The Balaban J connectivity index is 1.38. The predicted octanol–water partition coefficient (Wildman–Crippen LogP) is 6.09. The van der Waals surface area contributed by atoms with Crippen LogP contribution in [0.3, 0.4) is 0 Å². The molecule has 1 aliphatic carbocycles. The van der Waals surface area contributed by atoms with Crippen LogP contribution in [0.5, 0.6) is 0 Å². The lowest BCUT2D eigenvalue weighted by molar-refractivity contribution is -0.139. The highest BCUT2D eigenvalue weighted by molar-refractivity contribution is 5.96. The lowest BCUT2D eigenvalue weighted by Gasteiger charge is -2.19. The summed E-state index contributed by atoms with van der Waals surface area (Å²) >= 11 is 0. The zero-order valence-corrected chi connectivity index (χ0v) is 21.3. The quantitative estimate of drug-likeness (QED) is 0.335. The molecule has 0 saturated heterocycles. The molecule has 0 unspecified atom stereocenters. The maximum Gasteiger partial charge on any atom is 0.419 e. The van der Waals surface area contributed by atoms with Gasteiger partial charge in [-0.2, -0.15) is 0 Å². The van der Waals surface area contributed by atoms with Crippen molar-refractivity contribution in [1.29, 1.82) is 0 Å². The highest BCUT2D eigenvalue weighted by Gasteiger charge is 2.32. The van der Waals surface area contributed by atoms with Crippen molar-refractivity contribution in [2.24, 2.45) is 0 Å². The van der Waals surface area contributed by atoms with E-state index in [1.54, 1.807) is 45.0 Å². The summed E-state index contributed by atoms with van der Waals surface area (Å²) in [6, 6.07) is 21.3. The van der Waals surface area contributed by atoms with E-state index < -0.39 is 29.8 Å². The van der Waals surface area contributed by atoms with Gasteiger partial charge < -0.3 is 19.9 Å². The van der Waals surface area contributed by atoms with Crippen LogP contribution in [0, 0.1) is 0 Å². The number of rotatable bonds is 5. The van der Waals surface area contributed by atoms with Crippen LogP contribution in [0.2, 0.25) is 0 Å². The second-order valence-corrected chi connectivity index (χ2v) is 10.2. The first-order chi connectivity index (χ1) is 18.1. The van der Waals surface area contributed by atoms with Crippen LogP contribution in [-0.4, -0.2) is 40.0 Å². The molecule has 1 amide bonds. The molecule has 0 radical (unpaired) electrons. The van der Waals surface area contributed by atoms with E-state index in [4.69, 9.17) is 9.47 Å². The number of aromatic nitrogens is 1. The fraction of sp³-hybridized carbons (Fsp3) is 0.233.